The Balaban J connectivity index is 2.31. The van der Waals surface area contributed by atoms with Crippen LogP contribution in [0, 0.1) is 0 Å². The lowest BCUT2D eigenvalue weighted by Gasteiger charge is -2.37. The van der Waals surface area contributed by atoms with Gasteiger partial charge in [0, 0.05) is 13.1 Å². The van der Waals surface area contributed by atoms with Crippen molar-refractivity contribution in [1.29, 1.82) is 0 Å². The SMILES string of the molecule is COC(=O)c1c(N)nsc1N1CCCC(C)(O)C1. The number of ether oxygens (including phenoxy) is 1. The zero-order valence-electron chi connectivity index (χ0n) is 10.5. The number of hydrogen-bond donors (Lipinski definition) is 2. The fourth-order valence-electron chi connectivity index (χ4n) is 2.20. The van der Waals surface area contributed by atoms with Crippen LogP contribution in [0.3, 0.4) is 0 Å². The van der Waals surface area contributed by atoms with Crippen molar-refractivity contribution in [3.63, 3.8) is 0 Å². The maximum Gasteiger partial charge on any atom is 0.344 e. The third-order valence-electron chi connectivity index (χ3n) is 3.05. The van der Waals surface area contributed by atoms with Crippen LogP contribution in [-0.4, -0.2) is 41.2 Å². The summed E-state index contributed by atoms with van der Waals surface area (Å²) in [5.74, 6) is -0.298. The summed E-state index contributed by atoms with van der Waals surface area (Å²) in [6, 6.07) is 0. The van der Waals surface area contributed by atoms with E-state index in [9.17, 15) is 9.90 Å². The van der Waals surface area contributed by atoms with Crippen LogP contribution in [0.25, 0.3) is 0 Å². The molecule has 0 saturated carbocycles. The van der Waals surface area contributed by atoms with Gasteiger partial charge >= 0.3 is 5.97 Å². The predicted octanol–water partition coefficient (Wildman–Crippen LogP) is 0.863. The van der Waals surface area contributed by atoms with Crippen LogP contribution in [0.1, 0.15) is 30.1 Å². The molecule has 2 heterocycles. The summed E-state index contributed by atoms with van der Waals surface area (Å²) in [6.45, 7) is 3.04. The molecule has 3 N–H and O–H groups in total. The Morgan fingerprint density at radius 3 is 3.00 bits per heavy atom. The van der Waals surface area contributed by atoms with Crippen LogP contribution < -0.4 is 10.6 Å². The summed E-state index contributed by atoms with van der Waals surface area (Å²) < 4.78 is 8.72. The van der Waals surface area contributed by atoms with Crippen LogP contribution in [0.2, 0.25) is 0 Å². The van der Waals surface area contributed by atoms with Gasteiger partial charge in [-0.15, -0.1) is 0 Å². The molecule has 2 rings (SSSR count). The second-order valence-corrected chi connectivity index (χ2v) is 5.51. The largest absolute Gasteiger partial charge is 0.465 e. The number of hydrogen-bond acceptors (Lipinski definition) is 7. The molecule has 0 spiro atoms. The molecule has 1 aromatic heterocycles. The number of carbonyl (C=O) groups is 1. The maximum absolute atomic E-state index is 11.7. The Morgan fingerprint density at radius 1 is 1.67 bits per heavy atom. The summed E-state index contributed by atoms with van der Waals surface area (Å²) in [5, 5.41) is 10.8. The van der Waals surface area contributed by atoms with Crippen molar-refractivity contribution in [2.24, 2.45) is 0 Å². The van der Waals surface area contributed by atoms with Crippen LogP contribution in [0.15, 0.2) is 0 Å². The zero-order valence-corrected chi connectivity index (χ0v) is 11.3. The summed E-state index contributed by atoms with van der Waals surface area (Å²) in [5.41, 5.74) is 5.26. The van der Waals surface area contributed by atoms with E-state index in [4.69, 9.17) is 10.5 Å². The standard InChI is InChI=1S/C11H17N3O3S/c1-11(16)4-3-5-14(6-11)9-7(10(15)17-2)8(12)13-18-9/h16H,3-6H2,1-2H3,(H2,12,13). The van der Waals surface area contributed by atoms with Gasteiger partial charge in [-0.3, -0.25) is 0 Å². The molecule has 0 amide bonds. The molecular weight excluding hydrogens is 254 g/mol. The van der Waals surface area contributed by atoms with E-state index >= 15 is 0 Å². The van der Waals surface area contributed by atoms with Gasteiger partial charge < -0.3 is 20.5 Å². The number of nitrogens with two attached hydrogens (primary N) is 1. The molecular formula is C11H17N3O3S. The van der Waals surface area contributed by atoms with Crippen molar-refractivity contribution in [2.45, 2.75) is 25.4 Å². The number of rotatable bonds is 2. The third-order valence-corrected chi connectivity index (χ3v) is 3.98. The van der Waals surface area contributed by atoms with Crippen molar-refractivity contribution in [1.82, 2.24) is 4.37 Å². The normalized spacial score (nSPS) is 24.1. The molecule has 1 aromatic rings. The van der Waals surface area contributed by atoms with Gasteiger partial charge in [-0.2, -0.15) is 4.37 Å². The number of nitrogens with zero attached hydrogens (tertiary/aromatic N) is 2. The molecule has 1 aliphatic rings. The van der Waals surface area contributed by atoms with Gasteiger partial charge in [0.05, 0.1) is 12.7 Å². The second-order valence-electron chi connectivity index (χ2n) is 4.76. The quantitative estimate of drug-likeness (QED) is 0.776. The number of esters is 1. The molecule has 0 aliphatic carbocycles. The predicted molar refractivity (Wildman–Crippen MR) is 69.9 cm³/mol. The number of methoxy groups -OCH3 is 1. The lowest BCUT2D eigenvalue weighted by Crippen LogP contribution is -2.46. The minimum absolute atomic E-state index is 0.187. The van der Waals surface area contributed by atoms with Crippen LogP contribution >= 0.6 is 11.5 Å². The van der Waals surface area contributed by atoms with Crippen LogP contribution in [0.4, 0.5) is 10.8 Å². The van der Waals surface area contributed by atoms with E-state index in [-0.39, 0.29) is 5.82 Å². The van der Waals surface area contributed by atoms with Gasteiger partial charge in [-0.05, 0) is 31.3 Å². The monoisotopic (exact) mass is 271 g/mol. The van der Waals surface area contributed by atoms with Crippen molar-refractivity contribution < 1.29 is 14.6 Å². The van der Waals surface area contributed by atoms with Gasteiger partial charge in [0.25, 0.3) is 0 Å². The Hall–Kier alpha value is -1.34. The average molecular weight is 271 g/mol. The molecule has 1 saturated heterocycles. The fourth-order valence-corrected chi connectivity index (χ4v) is 3.02. The Kier molecular flexibility index (Phi) is 3.45. The topological polar surface area (TPSA) is 88.7 Å². The molecule has 1 atom stereocenters. The highest BCUT2D eigenvalue weighted by molar-refractivity contribution is 7.11. The van der Waals surface area contributed by atoms with E-state index in [0.717, 1.165) is 19.4 Å². The number of piperidine rings is 1. The first-order valence-electron chi connectivity index (χ1n) is 5.75. The Bertz CT molecular complexity index is 458. The lowest BCUT2D eigenvalue weighted by atomic mass is 9.95. The Morgan fingerprint density at radius 2 is 2.39 bits per heavy atom. The minimum Gasteiger partial charge on any atom is -0.465 e. The first-order chi connectivity index (χ1) is 8.44. The molecule has 100 valence electrons. The smallest absolute Gasteiger partial charge is 0.344 e. The zero-order chi connectivity index (χ0) is 13.3. The second kappa shape index (κ2) is 4.74. The van der Waals surface area contributed by atoms with E-state index in [1.807, 2.05) is 4.90 Å². The van der Waals surface area contributed by atoms with E-state index in [2.05, 4.69) is 4.37 Å². The summed E-state index contributed by atoms with van der Waals surface area (Å²) in [7, 11) is 1.32. The van der Waals surface area contributed by atoms with Gasteiger partial charge in [0.1, 0.15) is 10.6 Å². The first kappa shape index (κ1) is 13.1. The molecule has 18 heavy (non-hydrogen) atoms. The van der Waals surface area contributed by atoms with Crippen molar-refractivity contribution in [2.75, 3.05) is 30.8 Å². The molecule has 6 nitrogen and oxygen atoms in total. The molecule has 1 aliphatic heterocycles. The first-order valence-corrected chi connectivity index (χ1v) is 6.53. The number of anilines is 2. The van der Waals surface area contributed by atoms with Gasteiger partial charge in [0.15, 0.2) is 5.82 Å². The van der Waals surface area contributed by atoms with Crippen molar-refractivity contribution >= 4 is 28.3 Å². The lowest BCUT2D eigenvalue weighted by molar-refractivity contribution is 0.0446. The van der Waals surface area contributed by atoms with Gasteiger partial charge in [-0.1, -0.05) is 0 Å². The van der Waals surface area contributed by atoms with E-state index < -0.39 is 11.6 Å². The summed E-state index contributed by atoms with van der Waals surface area (Å²) >= 11 is 1.17. The Labute approximate surface area is 110 Å². The molecule has 1 unspecified atom stereocenters. The highest BCUT2D eigenvalue weighted by Crippen LogP contribution is 2.34. The minimum atomic E-state index is -0.746. The fraction of sp³-hybridized carbons (Fsp3) is 0.636. The molecule has 0 bridgehead atoms. The maximum atomic E-state index is 11.7. The number of aliphatic hydroxyl groups is 1. The number of aromatic nitrogens is 1. The molecule has 0 aromatic carbocycles. The number of carbonyl (C=O) groups excluding carboxylic acids is 1. The van der Waals surface area contributed by atoms with Crippen molar-refractivity contribution in [3.8, 4) is 0 Å². The number of nitrogen functional groups attached to an aromatic ring is 1. The van der Waals surface area contributed by atoms with Crippen LogP contribution in [-0.2, 0) is 4.74 Å². The number of β-amino-alcohol motifs (C(OH)–C–C–N with tert-alkyl or cyclic N) is 1. The summed E-state index contributed by atoms with van der Waals surface area (Å²) in [6.07, 6.45) is 1.62. The third kappa shape index (κ3) is 2.41. The summed E-state index contributed by atoms with van der Waals surface area (Å²) in [4.78, 5) is 13.6. The highest BCUT2D eigenvalue weighted by Gasteiger charge is 2.32. The van der Waals surface area contributed by atoms with E-state index in [1.54, 1.807) is 6.92 Å². The van der Waals surface area contributed by atoms with Gasteiger partial charge in [-0.25, -0.2) is 4.79 Å². The molecule has 1 fully saturated rings. The van der Waals surface area contributed by atoms with Crippen molar-refractivity contribution in [3.05, 3.63) is 5.56 Å². The molecule has 7 heteroatoms. The highest BCUT2D eigenvalue weighted by atomic mass is 32.1. The van der Waals surface area contributed by atoms with Crippen LogP contribution in [0.5, 0.6) is 0 Å². The van der Waals surface area contributed by atoms with E-state index in [1.165, 1.54) is 18.6 Å². The van der Waals surface area contributed by atoms with Gasteiger partial charge in [0.2, 0.25) is 0 Å². The average Bonchev–Trinajstić information content (AvgIpc) is 2.69. The van der Waals surface area contributed by atoms with E-state index in [0.29, 0.717) is 17.1 Å². The molecule has 0 radical (unpaired) electrons.